The molecule has 0 fully saturated rings. The summed E-state index contributed by atoms with van der Waals surface area (Å²) in [7, 11) is 0. The van der Waals surface area contributed by atoms with Crippen LogP contribution in [0.1, 0.15) is 38.8 Å². The summed E-state index contributed by atoms with van der Waals surface area (Å²) in [5.41, 5.74) is 3.02. The Morgan fingerprint density at radius 3 is 2.32 bits per heavy atom. The van der Waals surface area contributed by atoms with Gasteiger partial charge in [-0.2, -0.15) is 0 Å². The molecule has 0 unspecified atom stereocenters. The van der Waals surface area contributed by atoms with Crippen molar-refractivity contribution in [2.24, 2.45) is 0 Å². The Hall–Kier alpha value is -2.21. The van der Waals surface area contributed by atoms with E-state index in [2.05, 4.69) is 57.8 Å². The Labute approximate surface area is 175 Å². The number of aryl methyl sites for hydroxylation is 1. The Balaban J connectivity index is 2.09. The molecule has 0 aliphatic heterocycles. The third kappa shape index (κ3) is 7.08. The number of ether oxygens (including phenoxy) is 2. The number of halogens is 1. The highest BCUT2D eigenvalue weighted by Crippen LogP contribution is 2.34. The molecular weight excluding hydrogens is 420 g/mol. The first-order valence-electron chi connectivity index (χ1n) is 9.37. The van der Waals surface area contributed by atoms with Crippen molar-refractivity contribution in [3.8, 4) is 11.5 Å². The topological polar surface area (TPSA) is 59.6 Å². The second kappa shape index (κ2) is 9.82. The fourth-order valence-corrected chi connectivity index (χ4v) is 3.02. The number of anilines is 1. The number of amides is 1. The Morgan fingerprint density at radius 2 is 1.71 bits per heavy atom. The van der Waals surface area contributed by atoms with Crippen molar-refractivity contribution in [3.05, 3.63) is 52.0 Å². The molecule has 2 rings (SSSR count). The molecule has 0 aliphatic rings. The summed E-state index contributed by atoms with van der Waals surface area (Å²) in [6, 6.07) is 12.0. The Morgan fingerprint density at radius 1 is 1.07 bits per heavy atom. The van der Waals surface area contributed by atoms with Crippen LogP contribution < -0.4 is 20.1 Å². The minimum Gasteiger partial charge on any atom is -0.490 e. The molecule has 0 bridgehead atoms. The van der Waals surface area contributed by atoms with Crippen LogP contribution in [-0.2, 0) is 11.3 Å². The molecule has 2 N–H and O–H groups in total. The molecule has 0 atom stereocenters. The van der Waals surface area contributed by atoms with E-state index in [4.69, 9.17) is 9.47 Å². The first-order chi connectivity index (χ1) is 13.2. The van der Waals surface area contributed by atoms with Gasteiger partial charge in [0.25, 0.3) is 5.91 Å². The predicted octanol–water partition coefficient (Wildman–Crippen LogP) is 5.06. The van der Waals surface area contributed by atoms with Crippen molar-refractivity contribution < 1.29 is 14.3 Å². The van der Waals surface area contributed by atoms with Gasteiger partial charge in [-0.25, -0.2) is 0 Å². The summed E-state index contributed by atoms with van der Waals surface area (Å²) in [6.07, 6.45) is 0. The van der Waals surface area contributed by atoms with Crippen LogP contribution in [0.5, 0.6) is 11.5 Å². The number of benzene rings is 2. The summed E-state index contributed by atoms with van der Waals surface area (Å²) < 4.78 is 12.3. The quantitative estimate of drug-likeness (QED) is 0.592. The van der Waals surface area contributed by atoms with Gasteiger partial charge in [-0.1, -0.05) is 33.6 Å². The SMILES string of the molecule is CCOc1cc(CNc2ccc(C)cc2)c(Br)cc1OCC(=O)NC(C)(C)C. The lowest BCUT2D eigenvalue weighted by Crippen LogP contribution is -2.43. The lowest BCUT2D eigenvalue weighted by atomic mass is 10.1. The minimum atomic E-state index is -0.296. The molecule has 0 heterocycles. The van der Waals surface area contributed by atoms with Crippen LogP contribution >= 0.6 is 15.9 Å². The molecule has 2 aromatic rings. The number of hydrogen-bond acceptors (Lipinski definition) is 4. The first kappa shape index (κ1) is 22.1. The largest absolute Gasteiger partial charge is 0.490 e. The van der Waals surface area contributed by atoms with Crippen molar-refractivity contribution in [1.29, 1.82) is 0 Å². The number of hydrogen-bond donors (Lipinski definition) is 2. The molecule has 152 valence electrons. The Bertz CT molecular complexity index is 799. The lowest BCUT2D eigenvalue weighted by molar-refractivity contribution is -0.124. The maximum atomic E-state index is 12.0. The van der Waals surface area contributed by atoms with Crippen LogP contribution in [0.25, 0.3) is 0 Å². The zero-order valence-electron chi connectivity index (χ0n) is 17.2. The van der Waals surface area contributed by atoms with E-state index in [0.717, 1.165) is 15.7 Å². The average molecular weight is 449 g/mol. The van der Waals surface area contributed by atoms with E-state index in [9.17, 15) is 4.79 Å². The van der Waals surface area contributed by atoms with Gasteiger partial charge in [0.1, 0.15) is 0 Å². The summed E-state index contributed by atoms with van der Waals surface area (Å²) in [5, 5.41) is 6.29. The number of carbonyl (C=O) groups is 1. The van der Waals surface area contributed by atoms with Crippen molar-refractivity contribution >= 4 is 27.5 Å². The number of nitrogens with one attached hydrogen (secondary N) is 2. The van der Waals surface area contributed by atoms with Crippen molar-refractivity contribution in [2.45, 2.75) is 46.7 Å². The van der Waals surface area contributed by atoms with Gasteiger partial charge in [0.2, 0.25) is 0 Å². The molecule has 6 heteroatoms. The highest BCUT2D eigenvalue weighted by atomic mass is 79.9. The van der Waals surface area contributed by atoms with E-state index in [-0.39, 0.29) is 18.1 Å². The van der Waals surface area contributed by atoms with E-state index in [1.165, 1.54) is 5.56 Å². The zero-order valence-corrected chi connectivity index (χ0v) is 18.8. The van der Waals surface area contributed by atoms with Crippen LogP contribution in [0.15, 0.2) is 40.9 Å². The molecule has 0 aromatic heterocycles. The van der Waals surface area contributed by atoms with Crippen molar-refractivity contribution in [2.75, 3.05) is 18.5 Å². The van der Waals surface area contributed by atoms with Gasteiger partial charge < -0.3 is 20.1 Å². The molecule has 2 aromatic carbocycles. The second-order valence-electron chi connectivity index (χ2n) is 7.63. The van der Waals surface area contributed by atoms with Gasteiger partial charge in [0.05, 0.1) is 6.61 Å². The lowest BCUT2D eigenvalue weighted by Gasteiger charge is -2.21. The minimum absolute atomic E-state index is 0.0647. The van der Waals surface area contributed by atoms with E-state index in [0.29, 0.717) is 24.7 Å². The maximum Gasteiger partial charge on any atom is 0.258 e. The summed E-state index contributed by atoms with van der Waals surface area (Å²) in [5.74, 6) is 0.989. The van der Waals surface area contributed by atoms with Gasteiger partial charge in [0.15, 0.2) is 18.1 Å². The molecule has 0 saturated carbocycles. The maximum absolute atomic E-state index is 12.0. The standard InChI is InChI=1S/C22H29BrN2O3/c1-6-27-19-11-16(13-24-17-9-7-15(2)8-10-17)18(23)12-20(19)28-14-21(26)25-22(3,4)5/h7-12,24H,6,13-14H2,1-5H3,(H,25,26). The highest BCUT2D eigenvalue weighted by molar-refractivity contribution is 9.10. The predicted molar refractivity (Wildman–Crippen MR) is 117 cm³/mol. The van der Waals surface area contributed by atoms with Gasteiger partial charge >= 0.3 is 0 Å². The number of rotatable bonds is 8. The fraction of sp³-hybridized carbons (Fsp3) is 0.409. The van der Waals surface area contributed by atoms with Crippen LogP contribution in [0.3, 0.4) is 0 Å². The first-order valence-corrected chi connectivity index (χ1v) is 10.2. The summed E-state index contributed by atoms with van der Waals surface area (Å²) in [6.45, 7) is 10.9. The van der Waals surface area contributed by atoms with Gasteiger partial charge in [-0.15, -0.1) is 0 Å². The highest BCUT2D eigenvalue weighted by Gasteiger charge is 2.16. The molecule has 0 spiro atoms. The van der Waals surface area contributed by atoms with E-state index < -0.39 is 0 Å². The molecule has 1 amide bonds. The molecule has 28 heavy (non-hydrogen) atoms. The van der Waals surface area contributed by atoms with Gasteiger partial charge in [0, 0.05) is 22.2 Å². The number of carbonyl (C=O) groups excluding carboxylic acids is 1. The van der Waals surface area contributed by atoms with Crippen LogP contribution in [-0.4, -0.2) is 24.7 Å². The van der Waals surface area contributed by atoms with Crippen molar-refractivity contribution in [3.63, 3.8) is 0 Å². The average Bonchev–Trinajstić information content (AvgIpc) is 2.60. The van der Waals surface area contributed by atoms with E-state index in [1.54, 1.807) is 0 Å². The smallest absolute Gasteiger partial charge is 0.258 e. The molecule has 0 saturated heterocycles. The normalized spacial score (nSPS) is 11.1. The molecule has 0 aliphatic carbocycles. The van der Waals surface area contributed by atoms with Crippen LogP contribution in [0, 0.1) is 6.92 Å². The third-order valence-electron chi connectivity index (χ3n) is 3.82. The second-order valence-corrected chi connectivity index (χ2v) is 8.48. The summed E-state index contributed by atoms with van der Waals surface area (Å²) >= 11 is 3.60. The molecule has 0 radical (unpaired) electrons. The van der Waals surface area contributed by atoms with Crippen LogP contribution in [0.2, 0.25) is 0 Å². The fourth-order valence-electron chi connectivity index (χ4n) is 2.56. The monoisotopic (exact) mass is 448 g/mol. The molecule has 5 nitrogen and oxygen atoms in total. The van der Waals surface area contributed by atoms with Crippen LogP contribution in [0.4, 0.5) is 5.69 Å². The zero-order chi connectivity index (χ0) is 20.7. The summed E-state index contributed by atoms with van der Waals surface area (Å²) in [4.78, 5) is 12.0. The van der Waals surface area contributed by atoms with Gasteiger partial charge in [-0.3, -0.25) is 4.79 Å². The molecular formula is C22H29BrN2O3. The Kier molecular flexibility index (Phi) is 7.75. The van der Waals surface area contributed by atoms with E-state index >= 15 is 0 Å². The third-order valence-corrected chi connectivity index (χ3v) is 4.56. The van der Waals surface area contributed by atoms with Crippen molar-refractivity contribution in [1.82, 2.24) is 5.32 Å². The van der Waals surface area contributed by atoms with E-state index in [1.807, 2.05) is 39.8 Å². The van der Waals surface area contributed by atoms with Gasteiger partial charge in [-0.05, 0) is 64.4 Å².